The summed E-state index contributed by atoms with van der Waals surface area (Å²) in [6.07, 6.45) is 3.33. The highest BCUT2D eigenvalue weighted by Gasteiger charge is 2.17. The van der Waals surface area contributed by atoms with Crippen LogP contribution in [0, 0.1) is 5.82 Å². The molecule has 3 N–H and O–H groups in total. The van der Waals surface area contributed by atoms with Gasteiger partial charge < -0.3 is 15.4 Å². The van der Waals surface area contributed by atoms with Crippen LogP contribution in [0.1, 0.15) is 28.8 Å². The molecule has 1 amide bonds. The predicted molar refractivity (Wildman–Crippen MR) is 109 cm³/mol. The van der Waals surface area contributed by atoms with Crippen molar-refractivity contribution >= 4 is 22.6 Å². The number of pyridine rings is 1. The smallest absolute Gasteiger partial charge is 0.258 e. The van der Waals surface area contributed by atoms with Gasteiger partial charge in [-0.2, -0.15) is 0 Å². The molecule has 4 aromatic rings. The number of amides is 1. The van der Waals surface area contributed by atoms with E-state index in [1.165, 1.54) is 12.1 Å². The second-order valence-electron chi connectivity index (χ2n) is 6.80. The number of hydrogen-bond acceptors (Lipinski definition) is 4. The molecule has 0 aliphatic carbocycles. The van der Waals surface area contributed by atoms with Gasteiger partial charge in [-0.15, -0.1) is 0 Å². The summed E-state index contributed by atoms with van der Waals surface area (Å²) in [4.78, 5) is 24.6. The number of carbonyl (C=O) groups is 1. The lowest BCUT2D eigenvalue weighted by Crippen LogP contribution is -2.14. The molecule has 146 valence electrons. The van der Waals surface area contributed by atoms with Crippen LogP contribution in [0.3, 0.4) is 0 Å². The molecule has 4 rings (SSSR count). The van der Waals surface area contributed by atoms with Crippen LogP contribution in [0.4, 0.5) is 10.1 Å². The Bertz CT molecular complexity index is 1170. The van der Waals surface area contributed by atoms with E-state index in [0.29, 0.717) is 28.0 Å². The van der Waals surface area contributed by atoms with Gasteiger partial charge in [-0.3, -0.25) is 9.78 Å². The zero-order valence-electron chi connectivity index (χ0n) is 15.7. The van der Waals surface area contributed by atoms with Gasteiger partial charge in [0.15, 0.2) is 0 Å². The molecule has 0 fully saturated rings. The number of benzene rings is 2. The molecule has 2 aromatic carbocycles. The third-order valence-corrected chi connectivity index (χ3v) is 4.80. The predicted octanol–water partition coefficient (Wildman–Crippen LogP) is 4.11. The lowest BCUT2D eigenvalue weighted by Gasteiger charge is -2.11. The second kappa shape index (κ2) is 7.81. The Labute approximate surface area is 166 Å². The number of imidazole rings is 1. The first kappa shape index (κ1) is 18.8. The molecule has 0 radical (unpaired) electrons. The highest BCUT2D eigenvalue weighted by molar-refractivity contribution is 6.11. The molecule has 2 aromatic heterocycles. The Morgan fingerprint density at radius 3 is 2.72 bits per heavy atom. The third kappa shape index (κ3) is 3.72. The molecule has 1 unspecified atom stereocenters. The number of halogens is 1. The Morgan fingerprint density at radius 2 is 2.00 bits per heavy atom. The number of hydrogen-bond donors (Lipinski definition) is 3. The molecule has 0 saturated carbocycles. The Morgan fingerprint density at radius 1 is 1.21 bits per heavy atom. The second-order valence-corrected chi connectivity index (χ2v) is 6.80. The lowest BCUT2D eigenvalue weighted by atomic mass is 10.0. The number of H-pyrrole nitrogens is 1. The molecule has 0 spiro atoms. The number of para-hydroxylation sites is 1. The maximum Gasteiger partial charge on any atom is 0.258 e. The molecule has 0 aliphatic heterocycles. The summed E-state index contributed by atoms with van der Waals surface area (Å²) in [5.41, 5.74) is 3.14. The van der Waals surface area contributed by atoms with E-state index in [1.54, 1.807) is 37.5 Å². The fourth-order valence-corrected chi connectivity index (χ4v) is 3.10. The number of rotatable bonds is 5. The molecule has 0 bridgehead atoms. The van der Waals surface area contributed by atoms with Crippen LogP contribution in [0.15, 0.2) is 60.9 Å². The fraction of sp³-hybridized carbons (Fsp3) is 0.136. The van der Waals surface area contributed by atoms with Crippen molar-refractivity contribution in [2.45, 2.75) is 12.8 Å². The van der Waals surface area contributed by atoms with Crippen LogP contribution in [0.2, 0.25) is 0 Å². The van der Waals surface area contributed by atoms with Crippen molar-refractivity contribution in [1.82, 2.24) is 15.0 Å². The molecule has 0 aliphatic rings. The summed E-state index contributed by atoms with van der Waals surface area (Å²) >= 11 is 0. The van der Waals surface area contributed by atoms with Gasteiger partial charge in [0.05, 0.1) is 16.8 Å². The van der Waals surface area contributed by atoms with Crippen LogP contribution in [-0.2, 0) is 0 Å². The van der Waals surface area contributed by atoms with E-state index in [-0.39, 0.29) is 18.2 Å². The third-order valence-electron chi connectivity index (χ3n) is 4.80. The first-order valence-corrected chi connectivity index (χ1v) is 9.17. The fourth-order valence-electron chi connectivity index (χ4n) is 3.10. The number of aliphatic hydroxyl groups excluding tert-OH is 1. The molecule has 6 nitrogen and oxygen atoms in total. The van der Waals surface area contributed by atoms with Gasteiger partial charge in [-0.25, -0.2) is 9.37 Å². The maximum absolute atomic E-state index is 14.4. The SMILES string of the molecule is CC(CO)c1ccc(NC(=O)c2cccc3[nH]c(-c4ccncc4)nc23)c(F)c1. The number of aromatic amines is 1. The topological polar surface area (TPSA) is 90.9 Å². The minimum Gasteiger partial charge on any atom is -0.396 e. The van der Waals surface area contributed by atoms with Crippen LogP contribution in [0.25, 0.3) is 22.4 Å². The largest absolute Gasteiger partial charge is 0.396 e. The van der Waals surface area contributed by atoms with Gasteiger partial charge in [0.2, 0.25) is 0 Å². The number of aliphatic hydroxyl groups is 1. The van der Waals surface area contributed by atoms with E-state index in [1.807, 2.05) is 18.2 Å². The van der Waals surface area contributed by atoms with Crippen LogP contribution >= 0.6 is 0 Å². The highest BCUT2D eigenvalue weighted by atomic mass is 19.1. The van der Waals surface area contributed by atoms with Gasteiger partial charge in [-0.05, 0) is 42.0 Å². The van der Waals surface area contributed by atoms with Gasteiger partial charge >= 0.3 is 0 Å². The minimum atomic E-state index is -0.553. The number of aromatic nitrogens is 3. The zero-order chi connectivity index (χ0) is 20.4. The average Bonchev–Trinajstić information content (AvgIpc) is 3.19. The zero-order valence-corrected chi connectivity index (χ0v) is 15.7. The summed E-state index contributed by atoms with van der Waals surface area (Å²) in [6, 6.07) is 13.4. The number of fused-ring (bicyclic) bond motifs is 1. The van der Waals surface area contributed by atoms with E-state index in [2.05, 4.69) is 20.3 Å². The molecule has 29 heavy (non-hydrogen) atoms. The lowest BCUT2D eigenvalue weighted by molar-refractivity contribution is 0.102. The molecule has 7 heteroatoms. The van der Waals surface area contributed by atoms with Gasteiger partial charge in [-0.1, -0.05) is 19.1 Å². The van der Waals surface area contributed by atoms with Gasteiger partial charge in [0.25, 0.3) is 5.91 Å². The van der Waals surface area contributed by atoms with E-state index in [9.17, 15) is 14.3 Å². The molecular weight excluding hydrogens is 371 g/mol. The van der Waals surface area contributed by atoms with E-state index in [4.69, 9.17) is 0 Å². The van der Waals surface area contributed by atoms with E-state index < -0.39 is 11.7 Å². The first-order chi connectivity index (χ1) is 14.1. The number of nitrogens with one attached hydrogen (secondary N) is 2. The van der Waals surface area contributed by atoms with Crippen LogP contribution in [0.5, 0.6) is 0 Å². The molecular formula is C22H19FN4O2. The van der Waals surface area contributed by atoms with E-state index in [0.717, 1.165) is 5.56 Å². The summed E-state index contributed by atoms with van der Waals surface area (Å²) < 4.78 is 14.4. The van der Waals surface area contributed by atoms with Crippen molar-refractivity contribution in [1.29, 1.82) is 0 Å². The summed E-state index contributed by atoms with van der Waals surface area (Å²) in [6.45, 7) is 1.72. The average molecular weight is 390 g/mol. The first-order valence-electron chi connectivity index (χ1n) is 9.17. The van der Waals surface area contributed by atoms with Crippen molar-refractivity contribution in [2.24, 2.45) is 0 Å². The Hall–Kier alpha value is -3.58. The molecule has 1 atom stereocenters. The van der Waals surface area contributed by atoms with Crippen molar-refractivity contribution < 1.29 is 14.3 Å². The minimum absolute atomic E-state index is 0.0748. The Balaban J connectivity index is 1.65. The number of nitrogens with zero attached hydrogens (tertiary/aromatic N) is 2. The van der Waals surface area contributed by atoms with Crippen LogP contribution in [-0.4, -0.2) is 32.6 Å². The summed E-state index contributed by atoms with van der Waals surface area (Å²) in [7, 11) is 0. The number of carbonyl (C=O) groups excluding carboxylic acids is 1. The quantitative estimate of drug-likeness (QED) is 0.478. The standard InChI is InChI=1S/C22H19FN4O2/c1-13(12-28)15-5-6-18(17(23)11-15)26-22(29)16-3-2-4-19-20(16)27-21(25-19)14-7-9-24-10-8-14/h2-11,13,28H,12H2,1H3,(H,25,27)(H,26,29). The van der Waals surface area contributed by atoms with Crippen molar-refractivity contribution in [3.05, 3.63) is 77.9 Å². The van der Waals surface area contributed by atoms with Crippen molar-refractivity contribution in [3.8, 4) is 11.4 Å². The van der Waals surface area contributed by atoms with Crippen molar-refractivity contribution in [3.63, 3.8) is 0 Å². The van der Waals surface area contributed by atoms with Gasteiger partial charge in [0.1, 0.15) is 17.2 Å². The normalized spacial score (nSPS) is 12.1. The summed E-state index contributed by atoms with van der Waals surface area (Å²) in [5.74, 6) is -0.567. The highest BCUT2D eigenvalue weighted by Crippen LogP contribution is 2.25. The molecule has 2 heterocycles. The Kier molecular flexibility index (Phi) is 5.05. The number of anilines is 1. The maximum atomic E-state index is 14.4. The van der Waals surface area contributed by atoms with Gasteiger partial charge in [0, 0.05) is 30.5 Å². The summed E-state index contributed by atoms with van der Waals surface area (Å²) in [5, 5.41) is 11.8. The monoisotopic (exact) mass is 390 g/mol. The van der Waals surface area contributed by atoms with Crippen molar-refractivity contribution in [2.75, 3.05) is 11.9 Å². The van der Waals surface area contributed by atoms with E-state index >= 15 is 0 Å². The molecule has 0 saturated heterocycles. The van der Waals surface area contributed by atoms with Crippen LogP contribution < -0.4 is 5.32 Å².